The van der Waals surface area contributed by atoms with Crippen LogP contribution in [0.3, 0.4) is 0 Å². The molecule has 0 radical (unpaired) electrons. The summed E-state index contributed by atoms with van der Waals surface area (Å²) in [5.74, 6) is 4.06. The quantitative estimate of drug-likeness (QED) is 0.196. The first-order valence-corrected chi connectivity index (χ1v) is 14.8. The van der Waals surface area contributed by atoms with Crippen molar-refractivity contribution in [3.05, 3.63) is 11.1 Å². The summed E-state index contributed by atoms with van der Waals surface area (Å²) in [6.07, 6.45) is 15.9. The zero-order valence-corrected chi connectivity index (χ0v) is 22.9. The zero-order chi connectivity index (χ0) is 23.1. The van der Waals surface area contributed by atoms with E-state index < -0.39 is 0 Å². The average Bonchev–Trinajstić information content (AvgIpc) is 3.11. The van der Waals surface area contributed by atoms with Crippen LogP contribution in [0, 0.1) is 40.4 Å². The Morgan fingerprint density at radius 2 is 1.84 bits per heavy atom. The van der Waals surface area contributed by atoms with E-state index >= 15 is 0 Å². The topological polar surface area (TPSA) is 26.3 Å². The van der Waals surface area contributed by atoms with E-state index in [1.54, 1.807) is 0 Å². The van der Waals surface area contributed by atoms with Crippen LogP contribution >= 0.6 is 15.9 Å². The number of hydrogen-bond donors (Lipinski definition) is 0. The Morgan fingerprint density at radius 3 is 2.56 bits per heavy atom. The second kappa shape index (κ2) is 9.74. The third kappa shape index (κ3) is 4.50. The lowest BCUT2D eigenvalue weighted by Gasteiger charge is -2.55. The molecule has 4 aliphatic carbocycles. The molecule has 0 heterocycles. The summed E-state index contributed by atoms with van der Waals surface area (Å²) >= 11 is 3.25. The molecule has 0 aromatic carbocycles. The average molecular weight is 508 g/mol. The van der Waals surface area contributed by atoms with Crippen molar-refractivity contribution in [2.24, 2.45) is 40.4 Å². The molecule has 0 aromatic rings. The number of carbonyl (C=O) groups is 1. The van der Waals surface area contributed by atoms with Gasteiger partial charge in [0, 0.05) is 0 Å². The van der Waals surface area contributed by atoms with Gasteiger partial charge in [-0.25, -0.2) is 0 Å². The summed E-state index contributed by atoms with van der Waals surface area (Å²) in [4.78, 5) is 11.8. The van der Waals surface area contributed by atoms with Gasteiger partial charge in [-0.15, -0.1) is 0 Å². The highest BCUT2D eigenvalue weighted by atomic mass is 79.9. The van der Waals surface area contributed by atoms with Crippen molar-refractivity contribution in [1.29, 1.82) is 0 Å². The molecule has 0 saturated heterocycles. The molecule has 3 heteroatoms. The molecule has 4 rings (SSSR count). The van der Waals surface area contributed by atoms with Crippen molar-refractivity contribution in [3.8, 4) is 0 Å². The summed E-state index contributed by atoms with van der Waals surface area (Å²) in [6.45, 7) is 12.5. The standard InChI is InChI=1S/C29H47BrO2/c1-19(2)7-6-8-20(3)24-11-12-25-23-10-9-21-17-22(32-27(31)18-30)13-15-28(21,4)26(23)14-16-29(24,25)5/h19-22,24-25H,6-18H2,1-5H3/t20-,21?,22?,24-,25?,28+,29-/m1/s1. The molecule has 0 spiro atoms. The van der Waals surface area contributed by atoms with Crippen LogP contribution < -0.4 is 0 Å². The molecule has 32 heavy (non-hydrogen) atoms. The largest absolute Gasteiger partial charge is 0.462 e. The van der Waals surface area contributed by atoms with Gasteiger partial charge in [-0.3, -0.25) is 4.79 Å². The zero-order valence-electron chi connectivity index (χ0n) is 21.4. The molecule has 0 N–H and O–H groups in total. The van der Waals surface area contributed by atoms with Crippen molar-refractivity contribution in [3.63, 3.8) is 0 Å². The summed E-state index contributed by atoms with van der Waals surface area (Å²) in [5.41, 5.74) is 4.63. The van der Waals surface area contributed by atoms with Crippen molar-refractivity contribution >= 4 is 21.9 Å². The smallest absolute Gasteiger partial charge is 0.316 e. The maximum Gasteiger partial charge on any atom is 0.316 e. The van der Waals surface area contributed by atoms with Gasteiger partial charge in [0.25, 0.3) is 0 Å². The molecule has 0 aromatic heterocycles. The fourth-order valence-corrected chi connectivity index (χ4v) is 8.90. The predicted molar refractivity (Wildman–Crippen MR) is 137 cm³/mol. The van der Waals surface area contributed by atoms with Crippen LogP contribution in [0.25, 0.3) is 0 Å². The number of alkyl halides is 1. The highest BCUT2D eigenvalue weighted by Gasteiger charge is 2.56. The summed E-state index contributed by atoms with van der Waals surface area (Å²) in [5, 5.41) is 0.318. The number of rotatable bonds is 7. The lowest BCUT2D eigenvalue weighted by molar-refractivity contribution is -0.149. The van der Waals surface area contributed by atoms with Gasteiger partial charge >= 0.3 is 5.97 Å². The Balaban J connectivity index is 1.47. The Bertz CT molecular complexity index is 727. The fourth-order valence-electron chi connectivity index (χ4n) is 8.77. The van der Waals surface area contributed by atoms with E-state index in [2.05, 4.69) is 50.5 Å². The number of allylic oxidation sites excluding steroid dienone is 2. The van der Waals surface area contributed by atoms with Gasteiger partial charge in [0.1, 0.15) is 11.4 Å². The van der Waals surface area contributed by atoms with Crippen LogP contribution in [0.4, 0.5) is 0 Å². The second-order valence-corrected chi connectivity index (χ2v) is 13.3. The molecule has 0 aliphatic heterocycles. The number of halogens is 1. The highest BCUT2D eigenvalue weighted by Crippen LogP contribution is 2.66. The van der Waals surface area contributed by atoms with E-state index in [-0.39, 0.29) is 12.1 Å². The molecule has 2 fully saturated rings. The molecule has 182 valence electrons. The van der Waals surface area contributed by atoms with Crippen molar-refractivity contribution < 1.29 is 9.53 Å². The maximum atomic E-state index is 11.8. The molecular formula is C29H47BrO2. The van der Waals surface area contributed by atoms with E-state index in [9.17, 15) is 4.79 Å². The SMILES string of the molecule is CC(C)CCC[C@@H](C)[C@H]1CCC2C3=C(CC[C@@]21C)[C@@]1(C)CCC(OC(=O)CBr)CC1CC3. The molecule has 3 unspecified atom stereocenters. The van der Waals surface area contributed by atoms with Gasteiger partial charge in [-0.05, 0) is 98.2 Å². The van der Waals surface area contributed by atoms with Gasteiger partial charge < -0.3 is 4.74 Å². The minimum atomic E-state index is -0.0951. The second-order valence-electron chi connectivity index (χ2n) is 12.7. The van der Waals surface area contributed by atoms with Crippen LogP contribution in [0.5, 0.6) is 0 Å². The van der Waals surface area contributed by atoms with E-state index in [1.807, 2.05) is 11.1 Å². The monoisotopic (exact) mass is 506 g/mol. The maximum absolute atomic E-state index is 11.8. The van der Waals surface area contributed by atoms with Crippen LogP contribution in [-0.4, -0.2) is 17.4 Å². The van der Waals surface area contributed by atoms with E-state index in [0.717, 1.165) is 36.5 Å². The Labute approximate surface area is 205 Å². The molecule has 0 amide bonds. The minimum absolute atomic E-state index is 0.0951. The lowest BCUT2D eigenvalue weighted by atomic mass is 9.50. The van der Waals surface area contributed by atoms with Crippen LogP contribution in [0.15, 0.2) is 11.1 Å². The number of carbonyl (C=O) groups excluding carboxylic acids is 1. The van der Waals surface area contributed by atoms with Crippen molar-refractivity contribution in [2.75, 3.05) is 5.33 Å². The first-order chi connectivity index (χ1) is 15.2. The highest BCUT2D eigenvalue weighted by molar-refractivity contribution is 9.09. The molecular weight excluding hydrogens is 460 g/mol. The number of hydrogen-bond acceptors (Lipinski definition) is 2. The van der Waals surface area contributed by atoms with Gasteiger partial charge in [-0.2, -0.15) is 0 Å². The van der Waals surface area contributed by atoms with Crippen LogP contribution in [0.1, 0.15) is 112 Å². The van der Waals surface area contributed by atoms with Crippen LogP contribution in [0.2, 0.25) is 0 Å². The molecule has 4 aliphatic rings. The Hall–Kier alpha value is -0.310. The first-order valence-electron chi connectivity index (χ1n) is 13.7. The summed E-state index contributed by atoms with van der Waals surface area (Å²) in [6, 6.07) is 0. The van der Waals surface area contributed by atoms with Crippen molar-refractivity contribution in [2.45, 2.75) is 118 Å². The summed E-state index contributed by atoms with van der Waals surface area (Å²) in [7, 11) is 0. The van der Waals surface area contributed by atoms with Gasteiger partial charge in [0.2, 0.25) is 0 Å². The van der Waals surface area contributed by atoms with E-state index in [0.29, 0.717) is 22.1 Å². The van der Waals surface area contributed by atoms with Gasteiger partial charge in [-0.1, -0.05) is 81.0 Å². The number of ether oxygens (including phenoxy) is 1. The lowest BCUT2D eigenvalue weighted by Crippen LogP contribution is -2.46. The Kier molecular flexibility index (Phi) is 7.55. The van der Waals surface area contributed by atoms with Crippen LogP contribution in [-0.2, 0) is 9.53 Å². The molecule has 2 nitrogen and oxygen atoms in total. The van der Waals surface area contributed by atoms with Crippen molar-refractivity contribution in [1.82, 2.24) is 0 Å². The van der Waals surface area contributed by atoms with E-state index in [1.165, 1.54) is 64.2 Å². The van der Waals surface area contributed by atoms with Gasteiger partial charge in [0.15, 0.2) is 0 Å². The third-order valence-electron chi connectivity index (χ3n) is 10.6. The summed E-state index contributed by atoms with van der Waals surface area (Å²) < 4.78 is 5.74. The number of esters is 1. The van der Waals surface area contributed by atoms with Gasteiger partial charge in [0.05, 0.1) is 0 Å². The third-order valence-corrected chi connectivity index (χ3v) is 11.0. The minimum Gasteiger partial charge on any atom is -0.462 e. The molecule has 2 saturated carbocycles. The predicted octanol–water partition coefficient (Wildman–Crippen LogP) is 8.48. The Morgan fingerprint density at radius 1 is 1.06 bits per heavy atom. The fraction of sp³-hybridized carbons (Fsp3) is 0.897. The molecule has 0 bridgehead atoms. The normalized spacial score (nSPS) is 40.0. The first kappa shape index (κ1) is 24.8. The molecule has 7 atom stereocenters. The van der Waals surface area contributed by atoms with E-state index in [4.69, 9.17) is 4.74 Å². The number of fused-ring (bicyclic) bond motifs is 4.